The molecule has 0 aromatic heterocycles. The lowest BCUT2D eigenvalue weighted by atomic mass is 9.96. The van der Waals surface area contributed by atoms with Gasteiger partial charge >= 0.3 is 17.9 Å². The topological polar surface area (TPSA) is 194 Å². The second-order valence-corrected chi connectivity index (χ2v) is 4.41. The third-order valence-electron chi connectivity index (χ3n) is 2.57. The minimum Gasteiger partial charge on any atom is -0.481 e. The maximum atomic E-state index is 11.4. The van der Waals surface area contributed by atoms with E-state index >= 15 is 0 Å². The van der Waals surface area contributed by atoms with Gasteiger partial charge < -0.3 is 35.5 Å². The van der Waals surface area contributed by atoms with Crippen molar-refractivity contribution in [3.05, 3.63) is 0 Å². The first-order valence-electron chi connectivity index (χ1n) is 5.61. The Morgan fingerprint density at radius 1 is 0.952 bits per heavy atom. The van der Waals surface area contributed by atoms with Gasteiger partial charge in [-0.25, -0.2) is 4.79 Å². The van der Waals surface area contributed by atoms with Crippen molar-refractivity contribution < 1.29 is 49.9 Å². The van der Waals surface area contributed by atoms with Crippen molar-refractivity contribution in [1.82, 2.24) is 5.48 Å². The Hall–Kier alpha value is -1.79. The molecule has 0 fully saturated rings. The van der Waals surface area contributed by atoms with Crippen LogP contribution in [0.5, 0.6) is 0 Å². The summed E-state index contributed by atoms with van der Waals surface area (Å²) in [5, 5.41) is 53.6. The highest BCUT2D eigenvalue weighted by Gasteiger charge is 2.42. The Balaban J connectivity index is 4.73. The van der Waals surface area contributed by atoms with Gasteiger partial charge in [-0.05, 0) is 0 Å². The summed E-state index contributed by atoms with van der Waals surface area (Å²) in [7, 11) is 0. The van der Waals surface area contributed by atoms with E-state index in [0.717, 1.165) is 0 Å². The zero-order valence-electron chi connectivity index (χ0n) is 10.9. The molecule has 0 aromatic carbocycles. The van der Waals surface area contributed by atoms with Crippen molar-refractivity contribution in [2.45, 2.75) is 24.0 Å². The molecule has 0 aromatic rings. The average Bonchev–Trinajstić information content (AvgIpc) is 2.39. The lowest BCUT2D eigenvalue weighted by Crippen LogP contribution is -2.55. The highest BCUT2D eigenvalue weighted by atomic mass is 16.7. The fourth-order valence-electron chi connectivity index (χ4n) is 1.15. The van der Waals surface area contributed by atoms with E-state index in [1.807, 2.05) is 5.48 Å². The molecule has 11 heteroatoms. The van der Waals surface area contributed by atoms with Crippen LogP contribution in [0.2, 0.25) is 0 Å². The summed E-state index contributed by atoms with van der Waals surface area (Å²) >= 11 is 0. The Kier molecular flexibility index (Phi) is 7.18. The molecule has 122 valence electrons. The molecular weight excluding hydrogens is 294 g/mol. The zero-order chi connectivity index (χ0) is 16.7. The van der Waals surface area contributed by atoms with Gasteiger partial charge in [0.2, 0.25) is 0 Å². The first kappa shape index (κ1) is 19.2. The molecule has 0 aliphatic heterocycles. The van der Waals surface area contributed by atoms with Gasteiger partial charge in [0, 0.05) is 0 Å². The lowest BCUT2D eigenvalue weighted by molar-refractivity contribution is -0.178. The first-order chi connectivity index (χ1) is 9.64. The standard InChI is InChI=1S/C10H17NO10/c12-3-9(4-13,5-14)11-21-7(17)2-10(20,8(18)19)1-6(15)16/h11-14,20H,1-5H2,(H,15,16)(H,18,19). The number of aliphatic carboxylic acids is 2. The summed E-state index contributed by atoms with van der Waals surface area (Å²) in [4.78, 5) is 37.0. The minimum atomic E-state index is -2.87. The molecule has 0 bridgehead atoms. The number of hydrogen-bond donors (Lipinski definition) is 7. The maximum absolute atomic E-state index is 11.4. The van der Waals surface area contributed by atoms with E-state index in [1.54, 1.807) is 0 Å². The second kappa shape index (κ2) is 7.85. The van der Waals surface area contributed by atoms with E-state index in [1.165, 1.54) is 0 Å². The van der Waals surface area contributed by atoms with Crippen molar-refractivity contribution in [3.63, 3.8) is 0 Å². The van der Waals surface area contributed by atoms with Crippen LogP contribution in [0.15, 0.2) is 0 Å². The Morgan fingerprint density at radius 3 is 1.76 bits per heavy atom. The van der Waals surface area contributed by atoms with E-state index in [9.17, 15) is 19.5 Å². The van der Waals surface area contributed by atoms with Crippen LogP contribution >= 0.6 is 0 Å². The summed E-state index contributed by atoms with van der Waals surface area (Å²) in [5.74, 6) is -4.93. The fraction of sp³-hybridized carbons (Fsp3) is 0.700. The van der Waals surface area contributed by atoms with Crippen LogP contribution in [-0.4, -0.2) is 79.5 Å². The molecule has 0 rings (SSSR count). The van der Waals surface area contributed by atoms with Gasteiger partial charge in [-0.15, -0.1) is 5.48 Å². The van der Waals surface area contributed by atoms with Gasteiger partial charge in [0.05, 0.1) is 32.7 Å². The molecule has 7 N–H and O–H groups in total. The van der Waals surface area contributed by atoms with Crippen LogP contribution in [0.4, 0.5) is 0 Å². The summed E-state index contributed by atoms with van der Waals surface area (Å²) in [6.45, 7) is -2.44. The lowest BCUT2D eigenvalue weighted by Gasteiger charge is -2.28. The first-order valence-corrected chi connectivity index (χ1v) is 5.61. The van der Waals surface area contributed by atoms with Crippen LogP contribution in [0.3, 0.4) is 0 Å². The molecule has 0 amide bonds. The van der Waals surface area contributed by atoms with Gasteiger partial charge in [-0.3, -0.25) is 9.59 Å². The van der Waals surface area contributed by atoms with E-state index in [4.69, 9.17) is 25.5 Å². The Morgan fingerprint density at radius 2 is 1.43 bits per heavy atom. The Bertz CT molecular complexity index is 385. The highest BCUT2D eigenvalue weighted by Crippen LogP contribution is 2.17. The molecule has 11 nitrogen and oxygen atoms in total. The smallest absolute Gasteiger partial charge is 0.336 e. The number of aliphatic hydroxyl groups excluding tert-OH is 3. The zero-order valence-corrected chi connectivity index (χ0v) is 10.9. The van der Waals surface area contributed by atoms with Crippen molar-refractivity contribution in [2.24, 2.45) is 0 Å². The van der Waals surface area contributed by atoms with Gasteiger partial charge in [0.1, 0.15) is 5.54 Å². The van der Waals surface area contributed by atoms with Crippen molar-refractivity contribution in [3.8, 4) is 0 Å². The molecule has 0 heterocycles. The van der Waals surface area contributed by atoms with Crippen LogP contribution in [0, 0.1) is 0 Å². The van der Waals surface area contributed by atoms with E-state index in [-0.39, 0.29) is 0 Å². The van der Waals surface area contributed by atoms with Crippen molar-refractivity contribution in [1.29, 1.82) is 0 Å². The summed E-state index contributed by atoms with van der Waals surface area (Å²) < 4.78 is 0. The molecular formula is C10H17NO10. The summed E-state index contributed by atoms with van der Waals surface area (Å²) in [6.07, 6.45) is -2.43. The minimum absolute atomic E-state index is 0.814. The Labute approximate surface area is 118 Å². The van der Waals surface area contributed by atoms with Gasteiger partial charge in [0.15, 0.2) is 5.60 Å². The van der Waals surface area contributed by atoms with Crippen molar-refractivity contribution in [2.75, 3.05) is 19.8 Å². The van der Waals surface area contributed by atoms with Gasteiger partial charge in [0.25, 0.3) is 0 Å². The molecule has 0 spiro atoms. The largest absolute Gasteiger partial charge is 0.481 e. The van der Waals surface area contributed by atoms with E-state index in [0.29, 0.717) is 0 Å². The van der Waals surface area contributed by atoms with Gasteiger partial charge in [-0.2, -0.15) is 0 Å². The van der Waals surface area contributed by atoms with Crippen LogP contribution in [0.25, 0.3) is 0 Å². The van der Waals surface area contributed by atoms with Crippen LogP contribution in [-0.2, 0) is 19.2 Å². The SMILES string of the molecule is O=C(O)CC(O)(CC(=O)ONC(CO)(CO)CO)C(=O)O. The number of carbonyl (C=O) groups excluding carboxylic acids is 1. The third-order valence-corrected chi connectivity index (χ3v) is 2.57. The molecule has 1 unspecified atom stereocenters. The molecule has 21 heavy (non-hydrogen) atoms. The summed E-state index contributed by atoms with van der Waals surface area (Å²) in [6, 6.07) is 0. The summed E-state index contributed by atoms with van der Waals surface area (Å²) in [5.41, 5.74) is -2.78. The molecule has 0 saturated heterocycles. The van der Waals surface area contributed by atoms with E-state index < -0.39 is 61.7 Å². The number of carboxylic acids is 2. The molecule has 0 aliphatic rings. The average molecular weight is 311 g/mol. The van der Waals surface area contributed by atoms with Crippen molar-refractivity contribution >= 4 is 17.9 Å². The number of aliphatic hydroxyl groups is 4. The molecule has 0 saturated carbocycles. The molecule has 1 atom stereocenters. The number of hydroxylamine groups is 1. The number of rotatable bonds is 10. The number of hydrogen-bond acceptors (Lipinski definition) is 9. The second-order valence-electron chi connectivity index (χ2n) is 4.41. The highest BCUT2D eigenvalue weighted by molar-refractivity contribution is 5.88. The predicted octanol–water partition coefficient (Wildman–Crippen LogP) is -3.57. The van der Waals surface area contributed by atoms with Gasteiger partial charge in [-0.1, -0.05) is 0 Å². The number of nitrogens with one attached hydrogen (secondary N) is 1. The third kappa shape index (κ3) is 5.61. The number of carbonyl (C=O) groups is 3. The normalized spacial score (nSPS) is 14.3. The monoisotopic (exact) mass is 311 g/mol. The van der Waals surface area contributed by atoms with Crippen LogP contribution in [0.1, 0.15) is 12.8 Å². The fourth-order valence-corrected chi connectivity index (χ4v) is 1.15. The van der Waals surface area contributed by atoms with Crippen LogP contribution < -0.4 is 5.48 Å². The quantitative estimate of drug-likeness (QED) is 0.197. The van der Waals surface area contributed by atoms with E-state index in [2.05, 4.69) is 4.84 Å². The molecule has 0 radical (unpaired) electrons. The predicted molar refractivity (Wildman–Crippen MR) is 62.7 cm³/mol. The number of carboxylic acid groups (broad SMARTS) is 2. The maximum Gasteiger partial charge on any atom is 0.336 e. The molecule has 0 aliphatic carbocycles.